The molecule has 1 unspecified atom stereocenters. The van der Waals surface area contributed by atoms with Gasteiger partial charge in [0, 0.05) is 19.3 Å². The molecule has 0 aromatic carbocycles. The molecule has 1 N–H and O–H groups in total. The second kappa shape index (κ2) is 5.41. The van der Waals surface area contributed by atoms with E-state index in [0.29, 0.717) is 6.10 Å². The molecule has 3 rings (SSSR count). The Morgan fingerprint density at radius 1 is 1.39 bits per heavy atom. The molecular weight excluding hydrogens is 248 g/mol. The third kappa shape index (κ3) is 2.65. The maximum absolute atomic E-state index is 5.55. The van der Waals surface area contributed by atoms with Gasteiger partial charge >= 0.3 is 0 Å². The fourth-order valence-corrected chi connectivity index (χ4v) is 2.62. The van der Waals surface area contributed by atoms with E-state index < -0.39 is 0 Å². The molecule has 1 aliphatic rings. The zero-order valence-electron chi connectivity index (χ0n) is 9.87. The highest BCUT2D eigenvalue weighted by Gasteiger charge is 2.16. The number of nitrogens with zero attached hydrogens (tertiary/aromatic N) is 3. The van der Waals surface area contributed by atoms with E-state index in [4.69, 9.17) is 4.74 Å². The number of hydrogen-bond donors (Lipinski definition) is 1. The first-order valence-corrected chi connectivity index (χ1v) is 6.84. The summed E-state index contributed by atoms with van der Waals surface area (Å²) in [5.74, 6) is 0. The van der Waals surface area contributed by atoms with Crippen LogP contribution in [-0.4, -0.2) is 34.4 Å². The SMILES string of the molecule is c1ccc(-c2nnc(NCC3CCCO3)s2)nc1. The molecule has 0 aliphatic carbocycles. The maximum Gasteiger partial charge on any atom is 0.206 e. The van der Waals surface area contributed by atoms with Crippen LogP contribution < -0.4 is 5.32 Å². The van der Waals surface area contributed by atoms with E-state index in [1.807, 2.05) is 18.2 Å². The molecule has 0 bridgehead atoms. The standard InChI is InChI=1S/C12H14N4OS/c1-2-6-13-10(5-1)11-15-16-12(18-11)14-8-9-4-3-7-17-9/h1-2,5-6,9H,3-4,7-8H2,(H,14,16). The van der Waals surface area contributed by atoms with Crippen molar-refractivity contribution >= 4 is 16.5 Å². The predicted octanol–water partition coefficient (Wildman–Crippen LogP) is 2.19. The van der Waals surface area contributed by atoms with Crippen molar-refractivity contribution in [2.24, 2.45) is 0 Å². The number of pyridine rings is 1. The molecule has 0 radical (unpaired) electrons. The van der Waals surface area contributed by atoms with Gasteiger partial charge in [0.2, 0.25) is 5.13 Å². The molecule has 94 valence electrons. The molecule has 18 heavy (non-hydrogen) atoms. The second-order valence-corrected chi connectivity index (χ2v) is 5.12. The zero-order valence-corrected chi connectivity index (χ0v) is 10.7. The van der Waals surface area contributed by atoms with Crippen LogP contribution in [-0.2, 0) is 4.74 Å². The van der Waals surface area contributed by atoms with Crippen LogP contribution >= 0.6 is 11.3 Å². The Bertz CT molecular complexity index is 496. The highest BCUT2D eigenvalue weighted by atomic mass is 32.1. The van der Waals surface area contributed by atoms with Crippen molar-refractivity contribution in [2.75, 3.05) is 18.5 Å². The largest absolute Gasteiger partial charge is 0.376 e. The fourth-order valence-electron chi connectivity index (χ4n) is 1.89. The van der Waals surface area contributed by atoms with Crippen molar-refractivity contribution in [1.82, 2.24) is 15.2 Å². The summed E-state index contributed by atoms with van der Waals surface area (Å²) >= 11 is 1.52. The van der Waals surface area contributed by atoms with E-state index >= 15 is 0 Å². The van der Waals surface area contributed by atoms with Crippen molar-refractivity contribution in [1.29, 1.82) is 0 Å². The van der Waals surface area contributed by atoms with Crippen LogP contribution in [0.25, 0.3) is 10.7 Å². The first kappa shape index (κ1) is 11.6. The van der Waals surface area contributed by atoms with Crippen molar-refractivity contribution < 1.29 is 4.74 Å². The van der Waals surface area contributed by atoms with Gasteiger partial charge in [-0.1, -0.05) is 17.4 Å². The molecule has 3 heterocycles. The summed E-state index contributed by atoms with van der Waals surface area (Å²) in [6, 6.07) is 5.77. The van der Waals surface area contributed by atoms with Crippen LogP contribution in [0.4, 0.5) is 5.13 Å². The van der Waals surface area contributed by atoms with Crippen LogP contribution in [0.15, 0.2) is 24.4 Å². The van der Waals surface area contributed by atoms with Crippen LogP contribution in [0, 0.1) is 0 Å². The van der Waals surface area contributed by atoms with E-state index in [-0.39, 0.29) is 0 Å². The molecular formula is C12H14N4OS. The normalized spacial score (nSPS) is 19.0. The van der Waals surface area contributed by atoms with Gasteiger partial charge in [-0.15, -0.1) is 10.2 Å². The van der Waals surface area contributed by atoms with Crippen LogP contribution in [0.5, 0.6) is 0 Å². The molecule has 1 saturated heterocycles. The number of ether oxygens (including phenoxy) is 1. The van der Waals surface area contributed by atoms with Gasteiger partial charge in [0.15, 0.2) is 5.01 Å². The third-order valence-corrected chi connectivity index (χ3v) is 3.72. The van der Waals surface area contributed by atoms with Crippen LogP contribution in [0.3, 0.4) is 0 Å². The number of rotatable bonds is 4. The van der Waals surface area contributed by atoms with Gasteiger partial charge < -0.3 is 10.1 Å². The summed E-state index contributed by atoms with van der Waals surface area (Å²) in [7, 11) is 0. The molecule has 2 aromatic rings. The molecule has 1 fully saturated rings. The van der Waals surface area contributed by atoms with E-state index in [2.05, 4.69) is 20.5 Å². The van der Waals surface area contributed by atoms with E-state index in [1.165, 1.54) is 11.3 Å². The Labute approximate surface area is 109 Å². The first-order chi connectivity index (χ1) is 8.92. The molecule has 0 spiro atoms. The van der Waals surface area contributed by atoms with Crippen molar-refractivity contribution in [3.63, 3.8) is 0 Å². The Hall–Kier alpha value is -1.53. The Kier molecular flexibility index (Phi) is 3.47. The van der Waals surface area contributed by atoms with Gasteiger partial charge in [-0.05, 0) is 25.0 Å². The Balaban J connectivity index is 1.63. The van der Waals surface area contributed by atoms with E-state index in [9.17, 15) is 0 Å². The van der Waals surface area contributed by atoms with Crippen LogP contribution in [0.2, 0.25) is 0 Å². The minimum absolute atomic E-state index is 0.312. The monoisotopic (exact) mass is 262 g/mol. The number of anilines is 1. The second-order valence-electron chi connectivity index (χ2n) is 4.14. The number of nitrogens with one attached hydrogen (secondary N) is 1. The van der Waals surface area contributed by atoms with Gasteiger partial charge in [0.1, 0.15) is 5.69 Å². The van der Waals surface area contributed by atoms with Gasteiger partial charge in [-0.25, -0.2) is 0 Å². The Morgan fingerprint density at radius 2 is 2.39 bits per heavy atom. The molecule has 5 nitrogen and oxygen atoms in total. The fraction of sp³-hybridized carbons (Fsp3) is 0.417. The lowest BCUT2D eigenvalue weighted by Crippen LogP contribution is -2.18. The Morgan fingerprint density at radius 3 is 3.17 bits per heavy atom. The summed E-state index contributed by atoms with van der Waals surface area (Å²) in [5, 5.41) is 13.2. The quantitative estimate of drug-likeness (QED) is 0.915. The topological polar surface area (TPSA) is 59.9 Å². The molecule has 0 saturated carbocycles. The van der Waals surface area contributed by atoms with Gasteiger partial charge in [-0.3, -0.25) is 4.98 Å². The summed E-state index contributed by atoms with van der Waals surface area (Å²) in [6.07, 6.45) is 4.35. The average Bonchev–Trinajstić information content (AvgIpc) is 3.09. The smallest absolute Gasteiger partial charge is 0.206 e. The molecule has 1 atom stereocenters. The third-order valence-electron chi connectivity index (χ3n) is 2.81. The number of aromatic nitrogens is 3. The lowest BCUT2D eigenvalue weighted by Gasteiger charge is -2.08. The minimum Gasteiger partial charge on any atom is -0.376 e. The summed E-state index contributed by atoms with van der Waals surface area (Å²) in [6.45, 7) is 1.68. The highest BCUT2D eigenvalue weighted by Crippen LogP contribution is 2.24. The predicted molar refractivity (Wildman–Crippen MR) is 70.6 cm³/mol. The van der Waals surface area contributed by atoms with Gasteiger partial charge in [0.25, 0.3) is 0 Å². The van der Waals surface area contributed by atoms with Crippen molar-refractivity contribution in [3.05, 3.63) is 24.4 Å². The summed E-state index contributed by atoms with van der Waals surface area (Å²) < 4.78 is 5.55. The van der Waals surface area contributed by atoms with Crippen molar-refractivity contribution in [3.8, 4) is 10.7 Å². The zero-order chi connectivity index (χ0) is 12.2. The maximum atomic E-state index is 5.55. The minimum atomic E-state index is 0.312. The molecule has 1 aliphatic heterocycles. The number of hydrogen-bond acceptors (Lipinski definition) is 6. The first-order valence-electron chi connectivity index (χ1n) is 6.02. The lowest BCUT2D eigenvalue weighted by atomic mass is 10.2. The average molecular weight is 262 g/mol. The van der Waals surface area contributed by atoms with Gasteiger partial charge in [0.05, 0.1) is 6.10 Å². The van der Waals surface area contributed by atoms with E-state index in [1.54, 1.807) is 6.20 Å². The molecule has 2 aromatic heterocycles. The highest BCUT2D eigenvalue weighted by molar-refractivity contribution is 7.18. The summed E-state index contributed by atoms with van der Waals surface area (Å²) in [5.41, 5.74) is 0.861. The van der Waals surface area contributed by atoms with Gasteiger partial charge in [-0.2, -0.15) is 0 Å². The molecule has 6 heteroatoms. The summed E-state index contributed by atoms with van der Waals surface area (Å²) in [4.78, 5) is 4.26. The van der Waals surface area contributed by atoms with E-state index in [0.717, 1.165) is 41.8 Å². The van der Waals surface area contributed by atoms with Crippen LogP contribution in [0.1, 0.15) is 12.8 Å². The van der Waals surface area contributed by atoms with Crippen molar-refractivity contribution in [2.45, 2.75) is 18.9 Å². The lowest BCUT2D eigenvalue weighted by molar-refractivity contribution is 0.120. The molecule has 0 amide bonds.